The quantitative estimate of drug-likeness (QED) is 0.204. The number of nitrogens with zero attached hydrogens (tertiary/aromatic N) is 2. The number of carboxylic acid groups (broad SMARTS) is 1. The van der Waals surface area contributed by atoms with E-state index in [4.69, 9.17) is 21.1 Å². The van der Waals surface area contributed by atoms with Gasteiger partial charge in [-0.15, -0.1) is 0 Å². The van der Waals surface area contributed by atoms with Crippen LogP contribution in [-0.4, -0.2) is 54.3 Å². The molecule has 3 aromatic rings. The summed E-state index contributed by atoms with van der Waals surface area (Å²) in [4.78, 5) is 18.0. The van der Waals surface area contributed by atoms with Crippen molar-refractivity contribution < 1.29 is 36.9 Å². The van der Waals surface area contributed by atoms with Crippen LogP contribution in [0.4, 0.5) is 17.6 Å². The molecule has 1 saturated heterocycles. The molecule has 1 aromatic heterocycles. The highest BCUT2D eigenvalue weighted by molar-refractivity contribution is 6.32. The fourth-order valence-corrected chi connectivity index (χ4v) is 5.47. The van der Waals surface area contributed by atoms with Crippen molar-refractivity contribution in [1.82, 2.24) is 9.88 Å². The Morgan fingerprint density at radius 2 is 1.95 bits per heavy atom. The number of methoxy groups -OCH3 is 1. The Bertz CT molecular complexity index is 1330. The summed E-state index contributed by atoms with van der Waals surface area (Å²) in [6, 6.07) is 6.37. The Morgan fingerprint density at radius 3 is 2.64 bits per heavy atom. The van der Waals surface area contributed by atoms with Gasteiger partial charge >= 0.3 is 5.97 Å². The average molecular weight is 569 g/mol. The van der Waals surface area contributed by atoms with Crippen LogP contribution >= 0.6 is 11.6 Å². The monoisotopic (exact) mass is 568 g/mol. The predicted octanol–water partition coefficient (Wildman–Crippen LogP) is 6.74. The van der Waals surface area contributed by atoms with Gasteiger partial charge in [-0.1, -0.05) is 11.6 Å². The van der Waals surface area contributed by atoms with Crippen LogP contribution in [0.5, 0.6) is 11.5 Å². The first kappa shape index (κ1) is 28.9. The van der Waals surface area contributed by atoms with Gasteiger partial charge in [0.1, 0.15) is 24.3 Å². The topological polar surface area (TPSA) is 71.9 Å². The number of aliphatic carboxylic acids is 1. The molecule has 0 saturated carbocycles. The molecule has 0 spiro atoms. The van der Waals surface area contributed by atoms with E-state index < -0.39 is 40.8 Å². The molecule has 0 bridgehead atoms. The van der Waals surface area contributed by atoms with E-state index in [1.807, 2.05) is 4.90 Å². The lowest BCUT2D eigenvalue weighted by atomic mass is 9.71. The Labute approximate surface area is 228 Å². The molecule has 2 heterocycles. The first-order chi connectivity index (χ1) is 18.6. The lowest BCUT2D eigenvalue weighted by molar-refractivity contribution is -0.141. The van der Waals surface area contributed by atoms with E-state index in [1.165, 1.54) is 13.3 Å². The number of piperidine rings is 1. The number of aromatic nitrogens is 1. The standard InChI is InChI=1S/C28H29ClF4N2O4/c1-38-18-2-3-23-19(14-18)26(20(29)16-34-23)21(31)4-5-28(15-25(36)37)6-8-35(9-7-28)10-11-39-24-13-17(30)12-22(32)27(24)33/h2-3,12-14,16,21H,4-11,15H2,1H3,(H,36,37). The number of hydrogen-bond donors (Lipinski definition) is 1. The van der Waals surface area contributed by atoms with Crippen LogP contribution in [0.3, 0.4) is 0 Å². The smallest absolute Gasteiger partial charge is 0.303 e. The van der Waals surface area contributed by atoms with Crippen molar-refractivity contribution in [3.63, 3.8) is 0 Å². The summed E-state index contributed by atoms with van der Waals surface area (Å²) >= 11 is 6.35. The van der Waals surface area contributed by atoms with Crippen LogP contribution in [0.25, 0.3) is 10.9 Å². The van der Waals surface area contributed by atoms with Gasteiger partial charge in [0.15, 0.2) is 11.6 Å². The van der Waals surface area contributed by atoms with Crippen LogP contribution in [0, 0.1) is 22.9 Å². The maximum absolute atomic E-state index is 15.7. The van der Waals surface area contributed by atoms with E-state index in [2.05, 4.69) is 4.98 Å². The summed E-state index contributed by atoms with van der Waals surface area (Å²) in [6.45, 7) is 1.38. The minimum Gasteiger partial charge on any atom is -0.497 e. The first-order valence-corrected chi connectivity index (χ1v) is 13.0. The highest BCUT2D eigenvalue weighted by Gasteiger charge is 2.37. The maximum atomic E-state index is 15.7. The van der Waals surface area contributed by atoms with Gasteiger partial charge in [0.25, 0.3) is 0 Å². The zero-order chi connectivity index (χ0) is 28.2. The lowest BCUT2D eigenvalue weighted by Crippen LogP contribution is -2.42. The third-order valence-electron chi connectivity index (χ3n) is 7.38. The minimum absolute atomic E-state index is 0.00459. The Kier molecular flexibility index (Phi) is 9.17. The Morgan fingerprint density at radius 1 is 1.21 bits per heavy atom. The highest BCUT2D eigenvalue weighted by atomic mass is 35.5. The molecule has 6 nitrogen and oxygen atoms in total. The second-order valence-electron chi connectivity index (χ2n) is 9.87. The molecule has 1 N–H and O–H groups in total. The summed E-state index contributed by atoms with van der Waals surface area (Å²) < 4.78 is 66.8. The number of fused-ring (bicyclic) bond motifs is 1. The molecule has 210 valence electrons. The van der Waals surface area contributed by atoms with Crippen LogP contribution < -0.4 is 9.47 Å². The van der Waals surface area contributed by atoms with Gasteiger partial charge in [-0.2, -0.15) is 4.39 Å². The second kappa shape index (κ2) is 12.4. The van der Waals surface area contributed by atoms with Crippen molar-refractivity contribution in [2.24, 2.45) is 5.41 Å². The number of alkyl halides is 1. The van der Waals surface area contributed by atoms with Gasteiger partial charge in [-0.3, -0.25) is 14.7 Å². The third-order valence-corrected chi connectivity index (χ3v) is 7.68. The zero-order valence-corrected chi connectivity index (χ0v) is 22.1. The van der Waals surface area contributed by atoms with E-state index in [0.717, 1.165) is 6.07 Å². The summed E-state index contributed by atoms with van der Waals surface area (Å²) in [7, 11) is 1.51. The van der Waals surface area contributed by atoms with Crippen molar-refractivity contribution in [2.75, 3.05) is 33.4 Å². The summed E-state index contributed by atoms with van der Waals surface area (Å²) in [5.41, 5.74) is 0.273. The molecule has 2 aromatic carbocycles. The molecule has 1 aliphatic rings. The number of benzene rings is 2. The number of pyridine rings is 1. The molecule has 0 aliphatic carbocycles. The van der Waals surface area contributed by atoms with Crippen LogP contribution in [0.15, 0.2) is 36.5 Å². The zero-order valence-electron chi connectivity index (χ0n) is 21.4. The lowest BCUT2D eigenvalue weighted by Gasteiger charge is -2.41. The molecule has 11 heteroatoms. The van der Waals surface area contributed by atoms with Crippen LogP contribution in [0.1, 0.15) is 43.8 Å². The number of ether oxygens (including phenoxy) is 2. The highest BCUT2D eigenvalue weighted by Crippen LogP contribution is 2.44. The molecule has 0 radical (unpaired) electrons. The van der Waals surface area contributed by atoms with Crippen LogP contribution in [-0.2, 0) is 4.79 Å². The molecule has 4 rings (SSSR count). The van der Waals surface area contributed by atoms with E-state index in [-0.39, 0.29) is 24.5 Å². The SMILES string of the molecule is COc1ccc2ncc(Cl)c(C(F)CCC3(CC(=O)O)CCN(CCOc4cc(F)cc(F)c4F)CC3)c2c1. The number of rotatable bonds is 11. The number of likely N-dealkylation sites (tertiary alicyclic amines) is 1. The number of carbonyl (C=O) groups is 1. The van der Waals surface area contributed by atoms with Gasteiger partial charge in [0.05, 0.1) is 24.1 Å². The van der Waals surface area contributed by atoms with Gasteiger partial charge < -0.3 is 14.6 Å². The molecule has 1 aliphatic heterocycles. The Hall–Kier alpha value is -3.11. The molecular weight excluding hydrogens is 540 g/mol. The van der Waals surface area contributed by atoms with E-state index in [1.54, 1.807) is 18.2 Å². The molecule has 0 amide bonds. The Balaban J connectivity index is 1.39. The van der Waals surface area contributed by atoms with Crippen molar-refractivity contribution >= 4 is 28.5 Å². The average Bonchev–Trinajstić information content (AvgIpc) is 2.90. The number of hydrogen-bond acceptors (Lipinski definition) is 5. The minimum atomic E-state index is -1.44. The van der Waals surface area contributed by atoms with Crippen molar-refractivity contribution in [3.05, 3.63) is 64.6 Å². The van der Waals surface area contributed by atoms with E-state index in [9.17, 15) is 23.1 Å². The molecule has 1 unspecified atom stereocenters. The van der Waals surface area contributed by atoms with Crippen molar-refractivity contribution in [1.29, 1.82) is 0 Å². The fourth-order valence-electron chi connectivity index (χ4n) is 5.20. The number of halogens is 5. The first-order valence-electron chi connectivity index (χ1n) is 12.6. The van der Waals surface area contributed by atoms with Gasteiger partial charge in [-0.25, -0.2) is 13.2 Å². The van der Waals surface area contributed by atoms with Crippen LogP contribution in [0.2, 0.25) is 5.02 Å². The summed E-state index contributed by atoms with van der Waals surface area (Å²) in [5, 5.41) is 10.3. The largest absolute Gasteiger partial charge is 0.497 e. The molecule has 1 atom stereocenters. The molecular formula is C28H29ClF4N2O4. The molecule has 1 fully saturated rings. The molecule has 39 heavy (non-hydrogen) atoms. The van der Waals surface area contributed by atoms with Gasteiger partial charge in [-0.05, 0) is 62.4 Å². The maximum Gasteiger partial charge on any atom is 0.303 e. The second-order valence-corrected chi connectivity index (χ2v) is 10.3. The van der Waals surface area contributed by atoms with Crippen molar-refractivity contribution in [3.8, 4) is 11.5 Å². The fraction of sp³-hybridized carbons (Fsp3) is 0.429. The van der Waals surface area contributed by atoms with Crippen molar-refractivity contribution in [2.45, 2.75) is 38.3 Å². The van der Waals surface area contributed by atoms with E-state index >= 15 is 4.39 Å². The van der Waals surface area contributed by atoms with Gasteiger partial charge in [0.2, 0.25) is 5.82 Å². The predicted molar refractivity (Wildman–Crippen MR) is 139 cm³/mol. The summed E-state index contributed by atoms with van der Waals surface area (Å²) in [6.07, 6.45) is 1.31. The third kappa shape index (κ3) is 6.91. The summed E-state index contributed by atoms with van der Waals surface area (Å²) in [5.74, 6) is -4.43. The normalized spacial score (nSPS) is 16.3. The number of carboxylic acids is 1. The van der Waals surface area contributed by atoms with Gasteiger partial charge in [0, 0.05) is 35.8 Å². The van der Waals surface area contributed by atoms with E-state index in [0.29, 0.717) is 67.2 Å².